The first-order chi connectivity index (χ1) is 14.2. The molecule has 0 aromatic carbocycles. The monoisotopic (exact) mass is 399 g/mol. The second-order valence-electron chi connectivity index (χ2n) is 6.49. The van der Waals surface area contributed by atoms with Gasteiger partial charge in [-0.3, -0.25) is 4.79 Å². The second-order valence-corrected chi connectivity index (χ2v) is 6.49. The van der Waals surface area contributed by atoms with Crippen LogP contribution in [-0.4, -0.2) is 59.9 Å². The summed E-state index contributed by atoms with van der Waals surface area (Å²) in [7, 11) is 0. The van der Waals surface area contributed by atoms with Gasteiger partial charge in [0.15, 0.2) is 0 Å². The number of aromatic nitrogens is 6. The number of nitrogens with one attached hydrogen (secondary N) is 1. The van der Waals surface area contributed by atoms with Crippen molar-refractivity contribution in [3.8, 4) is 11.4 Å². The predicted molar refractivity (Wildman–Crippen MR) is 106 cm³/mol. The Morgan fingerprint density at radius 2 is 2.10 bits per heavy atom. The van der Waals surface area contributed by atoms with E-state index >= 15 is 0 Å². The summed E-state index contributed by atoms with van der Waals surface area (Å²) in [5, 5.41) is 10.1. The minimum absolute atomic E-state index is 0.250. The average Bonchev–Trinajstić information content (AvgIpc) is 3.50. The smallest absolute Gasteiger partial charge is 0.290 e. The zero-order valence-corrected chi connectivity index (χ0v) is 16.3. The maximum atomic E-state index is 8.36. The van der Waals surface area contributed by atoms with Gasteiger partial charge in [-0.1, -0.05) is 0 Å². The van der Waals surface area contributed by atoms with Crippen LogP contribution in [0.1, 0.15) is 25.5 Å². The van der Waals surface area contributed by atoms with Gasteiger partial charge >= 0.3 is 0 Å². The van der Waals surface area contributed by atoms with Crippen molar-refractivity contribution in [3.63, 3.8) is 0 Å². The summed E-state index contributed by atoms with van der Waals surface area (Å²) in [6.07, 6.45) is 13.7. The lowest BCUT2D eigenvalue weighted by Gasteiger charge is -2.11. The fourth-order valence-electron chi connectivity index (χ4n) is 3.08. The summed E-state index contributed by atoms with van der Waals surface area (Å²) >= 11 is 0. The molecule has 2 N–H and O–H groups in total. The molecule has 10 heteroatoms. The van der Waals surface area contributed by atoms with Crippen LogP contribution in [0.25, 0.3) is 11.4 Å². The molecule has 0 saturated carbocycles. The summed E-state index contributed by atoms with van der Waals surface area (Å²) in [6.45, 7) is 5.03. The number of ether oxygens (including phenoxy) is 1. The molecule has 0 radical (unpaired) electrons. The predicted octanol–water partition coefficient (Wildman–Crippen LogP) is 1.90. The van der Waals surface area contributed by atoms with Crippen molar-refractivity contribution >= 4 is 12.4 Å². The first kappa shape index (κ1) is 20.5. The van der Waals surface area contributed by atoms with Crippen LogP contribution in [0.3, 0.4) is 0 Å². The van der Waals surface area contributed by atoms with E-state index in [0.29, 0.717) is 12.5 Å². The Balaban J connectivity index is 0.000000755. The molecule has 0 aliphatic carbocycles. The number of carboxylic acid groups (broad SMARTS) is 1. The van der Waals surface area contributed by atoms with Crippen molar-refractivity contribution in [1.82, 2.24) is 29.1 Å². The Morgan fingerprint density at radius 3 is 2.76 bits per heavy atom. The molecule has 1 atom stereocenters. The van der Waals surface area contributed by atoms with Crippen LogP contribution in [0.5, 0.6) is 0 Å². The molecule has 1 fully saturated rings. The third-order valence-electron chi connectivity index (χ3n) is 4.52. The van der Waals surface area contributed by atoms with Crippen LogP contribution < -0.4 is 5.32 Å². The van der Waals surface area contributed by atoms with Gasteiger partial charge in [0.2, 0.25) is 5.95 Å². The highest BCUT2D eigenvalue weighted by atomic mass is 16.5. The standard InChI is InChI=1S/C18H23N7O.CH2O2/c1-2-24-11-15(23-13-24)12-25-6-5-19-17(25)14-8-20-18(21-9-14)22-10-16-4-3-7-26-16;2-1-3/h5-6,8-9,11,13,16H,2-4,7,10,12H2,1H3,(H,20,21,22);1H,(H,2,3). The van der Waals surface area contributed by atoms with Crippen LogP contribution in [0.15, 0.2) is 37.3 Å². The van der Waals surface area contributed by atoms with Crippen molar-refractivity contribution in [2.45, 2.75) is 39.0 Å². The zero-order chi connectivity index (χ0) is 20.5. The number of carbonyl (C=O) groups is 1. The number of hydrogen-bond donors (Lipinski definition) is 2. The van der Waals surface area contributed by atoms with Crippen LogP contribution in [0.4, 0.5) is 5.95 Å². The molecule has 4 rings (SSSR count). The van der Waals surface area contributed by atoms with Crippen molar-refractivity contribution in [1.29, 1.82) is 0 Å². The Labute approximate surface area is 168 Å². The number of hydrogen-bond acceptors (Lipinski definition) is 7. The summed E-state index contributed by atoms with van der Waals surface area (Å²) < 4.78 is 9.72. The lowest BCUT2D eigenvalue weighted by molar-refractivity contribution is -0.122. The van der Waals surface area contributed by atoms with Crippen LogP contribution in [0, 0.1) is 0 Å². The van der Waals surface area contributed by atoms with Crippen LogP contribution in [-0.2, 0) is 22.6 Å². The van der Waals surface area contributed by atoms with E-state index in [9.17, 15) is 0 Å². The average molecular weight is 399 g/mol. The highest BCUT2D eigenvalue weighted by Crippen LogP contribution is 2.18. The fraction of sp³-hybridized carbons (Fsp3) is 0.421. The van der Waals surface area contributed by atoms with E-state index in [0.717, 1.165) is 49.6 Å². The minimum atomic E-state index is -0.250. The van der Waals surface area contributed by atoms with E-state index in [1.807, 2.05) is 12.5 Å². The second kappa shape index (κ2) is 10.3. The van der Waals surface area contributed by atoms with Gasteiger partial charge in [0.1, 0.15) is 5.82 Å². The molecular weight excluding hydrogens is 374 g/mol. The fourth-order valence-corrected chi connectivity index (χ4v) is 3.08. The topological polar surface area (TPSA) is 120 Å². The van der Waals surface area contributed by atoms with Crippen LogP contribution >= 0.6 is 0 Å². The number of aryl methyl sites for hydroxylation is 1. The van der Waals surface area contributed by atoms with Crippen molar-refractivity contribution in [3.05, 3.63) is 43.0 Å². The Bertz CT molecular complexity index is 885. The van der Waals surface area contributed by atoms with Gasteiger partial charge in [-0.25, -0.2) is 19.9 Å². The highest BCUT2D eigenvalue weighted by molar-refractivity contribution is 5.53. The van der Waals surface area contributed by atoms with E-state index in [1.54, 1.807) is 18.6 Å². The molecule has 3 aromatic rings. The highest BCUT2D eigenvalue weighted by Gasteiger charge is 2.15. The summed E-state index contributed by atoms with van der Waals surface area (Å²) in [5.74, 6) is 1.45. The van der Waals surface area contributed by atoms with Gasteiger partial charge < -0.3 is 24.3 Å². The van der Waals surface area contributed by atoms with E-state index in [2.05, 4.69) is 47.5 Å². The molecule has 1 saturated heterocycles. The molecule has 10 nitrogen and oxygen atoms in total. The molecule has 3 aromatic heterocycles. The molecule has 0 bridgehead atoms. The molecule has 29 heavy (non-hydrogen) atoms. The molecular formula is C19H25N7O3. The maximum absolute atomic E-state index is 8.36. The first-order valence-corrected chi connectivity index (χ1v) is 9.51. The number of rotatable bonds is 7. The van der Waals surface area contributed by atoms with E-state index in [-0.39, 0.29) is 12.6 Å². The molecule has 0 spiro atoms. The Hall–Kier alpha value is -3.27. The third kappa shape index (κ3) is 5.61. The maximum Gasteiger partial charge on any atom is 0.290 e. The van der Waals surface area contributed by atoms with Gasteiger partial charge in [0.25, 0.3) is 6.47 Å². The number of anilines is 1. The van der Waals surface area contributed by atoms with Crippen molar-refractivity contribution < 1.29 is 14.6 Å². The van der Waals surface area contributed by atoms with Gasteiger partial charge in [-0.05, 0) is 19.8 Å². The molecule has 1 aliphatic heterocycles. The molecule has 1 unspecified atom stereocenters. The van der Waals surface area contributed by atoms with Gasteiger partial charge in [0.05, 0.1) is 30.2 Å². The summed E-state index contributed by atoms with van der Waals surface area (Å²) in [4.78, 5) is 26.1. The van der Waals surface area contributed by atoms with Gasteiger partial charge in [-0.15, -0.1) is 0 Å². The van der Waals surface area contributed by atoms with Crippen molar-refractivity contribution in [2.75, 3.05) is 18.5 Å². The van der Waals surface area contributed by atoms with Crippen LogP contribution in [0.2, 0.25) is 0 Å². The van der Waals surface area contributed by atoms with E-state index < -0.39 is 0 Å². The third-order valence-corrected chi connectivity index (χ3v) is 4.52. The largest absolute Gasteiger partial charge is 0.483 e. The first-order valence-electron chi connectivity index (χ1n) is 9.51. The minimum Gasteiger partial charge on any atom is -0.483 e. The normalized spacial score (nSPS) is 15.6. The molecule has 154 valence electrons. The molecule has 0 amide bonds. The summed E-state index contributed by atoms with van der Waals surface area (Å²) in [5.41, 5.74) is 1.88. The lowest BCUT2D eigenvalue weighted by atomic mass is 10.2. The molecule has 4 heterocycles. The number of nitrogens with zero attached hydrogens (tertiary/aromatic N) is 6. The Morgan fingerprint density at radius 1 is 1.31 bits per heavy atom. The van der Waals surface area contributed by atoms with Crippen molar-refractivity contribution in [2.24, 2.45) is 0 Å². The number of imidazole rings is 2. The van der Waals surface area contributed by atoms with E-state index in [4.69, 9.17) is 14.6 Å². The van der Waals surface area contributed by atoms with E-state index in [1.165, 1.54) is 0 Å². The summed E-state index contributed by atoms with van der Waals surface area (Å²) in [6, 6.07) is 0. The SMILES string of the molecule is CCn1cnc(Cn2ccnc2-c2cnc(NCC3CCCO3)nc2)c1.O=CO. The lowest BCUT2D eigenvalue weighted by Crippen LogP contribution is -2.19. The molecule has 1 aliphatic rings. The van der Waals surface area contributed by atoms with Gasteiger partial charge in [-0.2, -0.15) is 0 Å². The quantitative estimate of drug-likeness (QED) is 0.578. The van der Waals surface area contributed by atoms with Gasteiger partial charge in [0, 0.05) is 50.7 Å². The Kier molecular flexibility index (Phi) is 7.28. The zero-order valence-electron chi connectivity index (χ0n) is 16.3.